The summed E-state index contributed by atoms with van der Waals surface area (Å²) in [5, 5.41) is 0. The average Bonchev–Trinajstić information content (AvgIpc) is 3.44. The monoisotopic (exact) mass is 388 g/mol. The molecule has 0 heterocycles. The number of carbonyl (C=O) groups is 2. The number of rotatable bonds is 9. The van der Waals surface area contributed by atoms with Gasteiger partial charge in [0.15, 0.2) is 0 Å². The molecule has 0 atom stereocenters. The van der Waals surface area contributed by atoms with Gasteiger partial charge in [-0.2, -0.15) is 0 Å². The lowest BCUT2D eigenvalue weighted by atomic mass is 9.49. The average molecular weight is 389 g/mol. The van der Waals surface area contributed by atoms with Crippen molar-refractivity contribution in [3.05, 3.63) is 12.2 Å². The maximum absolute atomic E-state index is 13.3. The summed E-state index contributed by atoms with van der Waals surface area (Å²) in [6, 6.07) is 0. The number of hydrogen-bond donors (Lipinski definition) is 0. The highest BCUT2D eigenvalue weighted by atomic mass is 16.6. The SMILES string of the molecule is C=C(C)C(=O)OCCC1(C(=O)OC2(CCCC)C3CC4CC(C3)CC2C4)CC1. The van der Waals surface area contributed by atoms with E-state index in [2.05, 4.69) is 13.5 Å². The fourth-order valence-electron chi connectivity index (χ4n) is 6.51. The van der Waals surface area contributed by atoms with Crippen LogP contribution in [0.4, 0.5) is 0 Å². The summed E-state index contributed by atoms with van der Waals surface area (Å²) >= 11 is 0. The zero-order chi connectivity index (χ0) is 19.9. The Kier molecular flexibility index (Phi) is 5.35. The first-order chi connectivity index (χ1) is 13.4. The number of esters is 2. The predicted octanol–water partition coefficient (Wildman–Crippen LogP) is 5.20. The number of carbonyl (C=O) groups excluding carboxylic acids is 2. The van der Waals surface area contributed by atoms with E-state index in [1.807, 2.05) is 0 Å². The Hall–Kier alpha value is -1.32. The second-order valence-corrected chi connectivity index (χ2v) is 10.2. The number of ether oxygens (including phenoxy) is 2. The normalized spacial score (nSPS) is 36.8. The Bertz CT molecular complexity index is 617. The third-order valence-electron chi connectivity index (χ3n) is 8.17. The summed E-state index contributed by atoms with van der Waals surface area (Å²) in [7, 11) is 0. The molecule has 0 aromatic heterocycles. The lowest BCUT2D eigenvalue weighted by Crippen LogP contribution is -2.60. The third kappa shape index (κ3) is 3.52. The summed E-state index contributed by atoms with van der Waals surface area (Å²) < 4.78 is 11.8. The van der Waals surface area contributed by atoms with Gasteiger partial charge in [0, 0.05) is 5.57 Å². The fourth-order valence-corrected chi connectivity index (χ4v) is 6.51. The van der Waals surface area contributed by atoms with Gasteiger partial charge in [0.2, 0.25) is 0 Å². The second kappa shape index (κ2) is 7.50. The summed E-state index contributed by atoms with van der Waals surface area (Å²) in [5.41, 5.74) is -0.229. The van der Waals surface area contributed by atoms with E-state index < -0.39 is 5.41 Å². The van der Waals surface area contributed by atoms with Gasteiger partial charge in [-0.15, -0.1) is 0 Å². The second-order valence-electron chi connectivity index (χ2n) is 10.2. The minimum absolute atomic E-state index is 0.0116. The molecule has 0 saturated heterocycles. The summed E-state index contributed by atoms with van der Waals surface area (Å²) in [6.07, 6.45) is 12.1. The molecule has 5 fully saturated rings. The van der Waals surface area contributed by atoms with Gasteiger partial charge in [-0.3, -0.25) is 4.79 Å². The summed E-state index contributed by atoms with van der Waals surface area (Å²) in [4.78, 5) is 25.0. The summed E-state index contributed by atoms with van der Waals surface area (Å²) in [6.45, 7) is 7.76. The first kappa shape index (κ1) is 20.0. The maximum Gasteiger partial charge on any atom is 0.333 e. The van der Waals surface area contributed by atoms with Crippen molar-refractivity contribution in [2.45, 2.75) is 90.1 Å². The first-order valence-electron chi connectivity index (χ1n) is 11.4. The molecule has 0 aromatic carbocycles. The Morgan fingerprint density at radius 2 is 1.61 bits per heavy atom. The Morgan fingerprint density at radius 1 is 1.00 bits per heavy atom. The standard InChI is InChI=1S/C24H36O4/c1-4-5-6-24(19-12-17-11-18(14-19)15-20(24)13-17)28-22(26)23(7-8-23)9-10-27-21(25)16(2)3/h17-20H,2,4-15H2,1,3H3. The van der Waals surface area contributed by atoms with Gasteiger partial charge in [-0.25, -0.2) is 4.79 Å². The van der Waals surface area contributed by atoms with Gasteiger partial charge in [0.1, 0.15) is 5.60 Å². The van der Waals surface area contributed by atoms with Crippen LogP contribution in [0, 0.1) is 29.1 Å². The first-order valence-corrected chi connectivity index (χ1v) is 11.4. The van der Waals surface area contributed by atoms with Crippen LogP contribution in [0.1, 0.15) is 84.5 Å². The lowest BCUT2D eigenvalue weighted by Gasteiger charge is -2.60. The molecule has 28 heavy (non-hydrogen) atoms. The van der Waals surface area contributed by atoms with E-state index in [4.69, 9.17) is 9.47 Å². The zero-order valence-corrected chi connectivity index (χ0v) is 17.6. The van der Waals surface area contributed by atoms with Gasteiger partial charge >= 0.3 is 11.9 Å². The van der Waals surface area contributed by atoms with Crippen LogP contribution in [0.25, 0.3) is 0 Å². The molecule has 156 valence electrons. The van der Waals surface area contributed by atoms with E-state index in [1.54, 1.807) is 6.92 Å². The molecule has 5 saturated carbocycles. The van der Waals surface area contributed by atoms with Crippen molar-refractivity contribution in [2.24, 2.45) is 29.1 Å². The lowest BCUT2D eigenvalue weighted by molar-refractivity contribution is -0.217. The third-order valence-corrected chi connectivity index (χ3v) is 8.17. The van der Waals surface area contributed by atoms with Crippen LogP contribution in [0.3, 0.4) is 0 Å². The van der Waals surface area contributed by atoms with Crippen molar-refractivity contribution in [1.29, 1.82) is 0 Å². The number of hydrogen-bond acceptors (Lipinski definition) is 4. The van der Waals surface area contributed by atoms with E-state index in [1.165, 1.54) is 32.1 Å². The molecule has 0 unspecified atom stereocenters. The maximum atomic E-state index is 13.3. The Balaban J connectivity index is 1.43. The highest BCUT2D eigenvalue weighted by molar-refractivity contribution is 5.87. The molecular weight excluding hydrogens is 352 g/mol. The molecule has 0 aromatic rings. The fraction of sp³-hybridized carbons (Fsp3) is 0.833. The highest BCUT2D eigenvalue weighted by Crippen LogP contribution is 2.62. The van der Waals surface area contributed by atoms with Crippen LogP contribution in [0.2, 0.25) is 0 Å². The van der Waals surface area contributed by atoms with Crippen molar-refractivity contribution in [3.8, 4) is 0 Å². The molecule has 0 N–H and O–H groups in total. The molecule has 0 radical (unpaired) electrons. The van der Waals surface area contributed by atoms with E-state index in [-0.39, 0.29) is 24.1 Å². The number of unbranched alkanes of at least 4 members (excludes halogenated alkanes) is 1. The topological polar surface area (TPSA) is 52.6 Å². The van der Waals surface area contributed by atoms with E-state index in [0.717, 1.165) is 43.9 Å². The van der Waals surface area contributed by atoms with Crippen LogP contribution in [-0.2, 0) is 19.1 Å². The van der Waals surface area contributed by atoms with E-state index in [0.29, 0.717) is 23.8 Å². The smallest absolute Gasteiger partial charge is 0.333 e. The molecule has 0 amide bonds. The van der Waals surface area contributed by atoms with E-state index >= 15 is 0 Å². The Morgan fingerprint density at radius 3 is 2.11 bits per heavy atom. The van der Waals surface area contributed by atoms with Crippen molar-refractivity contribution in [2.75, 3.05) is 6.61 Å². The largest absolute Gasteiger partial charge is 0.462 e. The predicted molar refractivity (Wildman–Crippen MR) is 107 cm³/mol. The van der Waals surface area contributed by atoms with Crippen LogP contribution < -0.4 is 0 Å². The zero-order valence-electron chi connectivity index (χ0n) is 17.6. The van der Waals surface area contributed by atoms with Gasteiger partial charge in [0.05, 0.1) is 12.0 Å². The van der Waals surface area contributed by atoms with Gasteiger partial charge in [-0.05, 0) is 94.8 Å². The molecule has 5 aliphatic rings. The van der Waals surface area contributed by atoms with Crippen molar-refractivity contribution < 1.29 is 19.1 Å². The minimum Gasteiger partial charge on any atom is -0.462 e. The molecule has 4 heteroatoms. The quantitative estimate of drug-likeness (QED) is 0.402. The molecule has 0 aliphatic heterocycles. The highest BCUT2D eigenvalue weighted by Gasteiger charge is 2.61. The van der Waals surface area contributed by atoms with Crippen LogP contribution in [-0.4, -0.2) is 24.1 Å². The van der Waals surface area contributed by atoms with Gasteiger partial charge in [0.25, 0.3) is 0 Å². The van der Waals surface area contributed by atoms with Gasteiger partial charge in [-0.1, -0.05) is 19.9 Å². The summed E-state index contributed by atoms with van der Waals surface area (Å²) in [5.74, 6) is 2.49. The minimum atomic E-state index is -0.413. The Labute approximate surface area is 169 Å². The van der Waals surface area contributed by atoms with Crippen LogP contribution in [0.15, 0.2) is 12.2 Å². The molecule has 5 rings (SSSR count). The van der Waals surface area contributed by atoms with Crippen molar-refractivity contribution in [1.82, 2.24) is 0 Å². The molecule has 4 bridgehead atoms. The van der Waals surface area contributed by atoms with Crippen molar-refractivity contribution in [3.63, 3.8) is 0 Å². The van der Waals surface area contributed by atoms with Crippen LogP contribution in [0.5, 0.6) is 0 Å². The molecule has 0 spiro atoms. The van der Waals surface area contributed by atoms with Gasteiger partial charge < -0.3 is 9.47 Å². The van der Waals surface area contributed by atoms with E-state index in [9.17, 15) is 9.59 Å². The van der Waals surface area contributed by atoms with Crippen LogP contribution >= 0.6 is 0 Å². The van der Waals surface area contributed by atoms with Crippen molar-refractivity contribution >= 4 is 11.9 Å². The molecule has 5 aliphatic carbocycles. The molecule has 4 nitrogen and oxygen atoms in total. The molecular formula is C24H36O4.